The molecule has 1 radical (unpaired) electrons. The topological polar surface area (TPSA) is 0 Å². The van der Waals surface area contributed by atoms with Crippen LogP contribution in [0.3, 0.4) is 0 Å². The monoisotopic (exact) mass is 173 g/mol. The lowest BCUT2D eigenvalue weighted by Crippen LogP contribution is -2.24. The molecular weight excluding hydrogens is 165 g/mol. The smallest absolute Gasteiger partial charge is 0.241 e. The van der Waals surface area contributed by atoms with E-state index in [0.717, 1.165) is 13.0 Å². The zero-order chi connectivity index (χ0) is 9.19. The molecule has 0 fully saturated rings. The van der Waals surface area contributed by atoms with Crippen molar-refractivity contribution in [2.45, 2.75) is 19.0 Å². The Bertz CT molecular complexity index is 241. The van der Waals surface area contributed by atoms with E-state index < -0.39 is 17.7 Å². The van der Waals surface area contributed by atoms with E-state index in [1.54, 1.807) is 6.07 Å². The van der Waals surface area contributed by atoms with Crippen molar-refractivity contribution in [3.05, 3.63) is 35.9 Å². The Kier molecular flexibility index (Phi) is 2.40. The maximum atomic E-state index is 12.9. The average Bonchev–Trinajstić information content (AvgIpc) is 2.06. The fourth-order valence-corrected chi connectivity index (χ4v) is 0.815. The van der Waals surface area contributed by atoms with Crippen molar-refractivity contribution in [1.82, 2.24) is 0 Å². The van der Waals surface area contributed by atoms with Crippen molar-refractivity contribution in [1.29, 1.82) is 0 Å². The second kappa shape index (κ2) is 3.17. The lowest BCUT2D eigenvalue weighted by molar-refractivity contribution is -0.0714. The van der Waals surface area contributed by atoms with E-state index in [0.29, 0.717) is 0 Å². The van der Waals surface area contributed by atoms with Gasteiger partial charge in [-0.15, -0.1) is 0 Å². The van der Waals surface area contributed by atoms with Crippen molar-refractivity contribution < 1.29 is 13.2 Å². The van der Waals surface area contributed by atoms with Crippen LogP contribution >= 0.6 is 0 Å². The van der Waals surface area contributed by atoms with E-state index in [4.69, 9.17) is 0 Å². The summed E-state index contributed by atoms with van der Waals surface area (Å²) >= 11 is 0. The molecule has 1 aromatic rings. The minimum absolute atomic E-state index is 0.403. The van der Waals surface area contributed by atoms with Crippen LogP contribution in [0.15, 0.2) is 24.3 Å². The van der Waals surface area contributed by atoms with E-state index in [2.05, 4.69) is 6.07 Å². The van der Waals surface area contributed by atoms with Crippen molar-refractivity contribution in [3.8, 4) is 0 Å². The molecule has 0 amide bonds. The molecule has 1 aromatic carbocycles. The Morgan fingerprint density at radius 1 is 1.42 bits per heavy atom. The zero-order valence-electron chi connectivity index (χ0n) is 6.52. The van der Waals surface area contributed by atoms with Crippen molar-refractivity contribution >= 4 is 0 Å². The molecule has 65 valence electrons. The molecule has 0 spiro atoms. The second-order valence-electron chi connectivity index (χ2n) is 2.52. The van der Waals surface area contributed by atoms with Crippen LogP contribution in [0.1, 0.15) is 12.5 Å². The predicted octanol–water partition coefficient (Wildman–Crippen LogP) is 2.94. The van der Waals surface area contributed by atoms with E-state index in [-0.39, 0.29) is 0 Å². The number of alkyl halides is 3. The standard InChI is InChI=1S/C9H8F3/c1-7(10)9(11,12)8-5-3-2-4-6-8/h2-5,7H,1H3. The Balaban J connectivity index is 2.98. The average molecular weight is 173 g/mol. The molecule has 1 rings (SSSR count). The fraction of sp³-hybridized carbons (Fsp3) is 0.333. The lowest BCUT2D eigenvalue weighted by Gasteiger charge is -2.17. The van der Waals surface area contributed by atoms with Gasteiger partial charge in [0, 0.05) is 5.56 Å². The maximum Gasteiger partial charge on any atom is 0.304 e. The highest BCUT2D eigenvalue weighted by Gasteiger charge is 2.38. The van der Waals surface area contributed by atoms with Crippen LogP contribution in [0.4, 0.5) is 13.2 Å². The molecule has 1 atom stereocenters. The molecule has 12 heavy (non-hydrogen) atoms. The SMILES string of the molecule is CC(F)C(F)(F)c1[c]cccc1. The quantitative estimate of drug-likeness (QED) is 0.645. The molecule has 0 aliphatic rings. The molecule has 0 heterocycles. The first-order chi connectivity index (χ1) is 5.55. The number of benzene rings is 1. The van der Waals surface area contributed by atoms with E-state index in [9.17, 15) is 13.2 Å². The first-order valence-corrected chi connectivity index (χ1v) is 3.54. The number of rotatable bonds is 2. The molecule has 0 aliphatic heterocycles. The van der Waals surface area contributed by atoms with Crippen LogP contribution in [0, 0.1) is 6.07 Å². The van der Waals surface area contributed by atoms with Crippen molar-refractivity contribution in [3.63, 3.8) is 0 Å². The van der Waals surface area contributed by atoms with E-state index in [1.165, 1.54) is 12.1 Å². The summed E-state index contributed by atoms with van der Waals surface area (Å²) in [5.41, 5.74) is -0.403. The third kappa shape index (κ3) is 1.60. The van der Waals surface area contributed by atoms with Crippen LogP contribution in [0.25, 0.3) is 0 Å². The fourth-order valence-electron chi connectivity index (χ4n) is 0.815. The van der Waals surface area contributed by atoms with Gasteiger partial charge in [0.25, 0.3) is 0 Å². The van der Waals surface area contributed by atoms with Gasteiger partial charge in [0.2, 0.25) is 0 Å². The summed E-state index contributed by atoms with van der Waals surface area (Å²) in [6.07, 6.45) is -2.18. The van der Waals surface area contributed by atoms with Crippen molar-refractivity contribution in [2.24, 2.45) is 0 Å². The summed E-state index contributed by atoms with van der Waals surface area (Å²) in [5.74, 6) is -3.43. The lowest BCUT2D eigenvalue weighted by atomic mass is 10.1. The van der Waals surface area contributed by atoms with Crippen LogP contribution in [0.5, 0.6) is 0 Å². The number of hydrogen-bond donors (Lipinski definition) is 0. The third-order valence-electron chi connectivity index (χ3n) is 1.57. The highest BCUT2D eigenvalue weighted by atomic mass is 19.3. The summed E-state index contributed by atoms with van der Waals surface area (Å²) in [6, 6.07) is 7.79. The van der Waals surface area contributed by atoms with Crippen LogP contribution in [-0.4, -0.2) is 6.17 Å². The third-order valence-corrected chi connectivity index (χ3v) is 1.57. The van der Waals surface area contributed by atoms with Gasteiger partial charge < -0.3 is 0 Å². The van der Waals surface area contributed by atoms with Gasteiger partial charge in [0.15, 0.2) is 6.17 Å². The summed E-state index contributed by atoms with van der Waals surface area (Å²) in [4.78, 5) is 0. The highest BCUT2D eigenvalue weighted by molar-refractivity contribution is 5.19. The molecule has 0 N–H and O–H groups in total. The Morgan fingerprint density at radius 2 is 2.08 bits per heavy atom. The molecule has 0 aliphatic carbocycles. The first kappa shape index (κ1) is 9.10. The summed E-state index contributed by atoms with van der Waals surface area (Å²) < 4.78 is 38.1. The predicted molar refractivity (Wildman–Crippen MR) is 39.7 cm³/mol. The zero-order valence-corrected chi connectivity index (χ0v) is 6.52. The highest BCUT2D eigenvalue weighted by Crippen LogP contribution is 2.32. The first-order valence-electron chi connectivity index (χ1n) is 3.54. The van der Waals surface area contributed by atoms with Gasteiger partial charge in [-0.1, -0.05) is 24.3 Å². The largest absolute Gasteiger partial charge is 0.304 e. The molecule has 0 aromatic heterocycles. The molecular formula is C9H8F3. The Labute approximate surface area is 69.0 Å². The van der Waals surface area contributed by atoms with Gasteiger partial charge in [-0.25, -0.2) is 4.39 Å². The normalized spacial score (nSPS) is 14.3. The minimum atomic E-state index is -3.43. The van der Waals surface area contributed by atoms with Gasteiger partial charge in [0.1, 0.15) is 0 Å². The van der Waals surface area contributed by atoms with Crippen LogP contribution in [0.2, 0.25) is 0 Å². The molecule has 0 saturated heterocycles. The molecule has 0 nitrogen and oxygen atoms in total. The van der Waals surface area contributed by atoms with Gasteiger partial charge in [-0.05, 0) is 13.0 Å². The summed E-state index contributed by atoms with van der Waals surface area (Å²) in [7, 11) is 0. The van der Waals surface area contributed by atoms with Gasteiger partial charge in [-0.3, -0.25) is 0 Å². The van der Waals surface area contributed by atoms with Crippen LogP contribution < -0.4 is 0 Å². The second-order valence-corrected chi connectivity index (χ2v) is 2.52. The molecule has 3 heteroatoms. The molecule has 1 unspecified atom stereocenters. The Hall–Kier alpha value is -0.990. The van der Waals surface area contributed by atoms with Gasteiger partial charge >= 0.3 is 5.92 Å². The Morgan fingerprint density at radius 3 is 2.50 bits per heavy atom. The van der Waals surface area contributed by atoms with Gasteiger partial charge in [0.05, 0.1) is 0 Å². The maximum absolute atomic E-state index is 12.9. The minimum Gasteiger partial charge on any atom is -0.241 e. The van der Waals surface area contributed by atoms with E-state index in [1.807, 2.05) is 0 Å². The van der Waals surface area contributed by atoms with Crippen LogP contribution in [-0.2, 0) is 5.92 Å². The van der Waals surface area contributed by atoms with Crippen molar-refractivity contribution in [2.75, 3.05) is 0 Å². The van der Waals surface area contributed by atoms with E-state index >= 15 is 0 Å². The molecule has 0 bridgehead atoms. The van der Waals surface area contributed by atoms with Gasteiger partial charge in [-0.2, -0.15) is 8.78 Å². The number of halogens is 3. The number of hydrogen-bond acceptors (Lipinski definition) is 0. The summed E-state index contributed by atoms with van der Waals surface area (Å²) in [6.45, 7) is 0.834. The molecule has 0 saturated carbocycles. The summed E-state index contributed by atoms with van der Waals surface area (Å²) in [5, 5.41) is 0.